The maximum Gasteiger partial charge on any atom is 0.225 e. The third-order valence-corrected chi connectivity index (χ3v) is 5.89. The largest absolute Gasteiger partial charge is 0.371 e. The standard InChI is InChI=1S/C24H38N4O2.HI/c1-24(2,3)30-17-19-9-7-8-18(14-19)15-26-23(25-4)27-21-12-13-28(16-21)22(29)20-10-5-6-11-20;/h7-9,14,20-21H,5-6,10-13,15-17H2,1-4H3,(H2,25,26,27);1H. The number of carbonyl (C=O) groups is 1. The Hall–Kier alpha value is -1.35. The lowest BCUT2D eigenvalue weighted by atomic mass is 10.1. The minimum Gasteiger partial charge on any atom is -0.371 e. The maximum atomic E-state index is 12.6. The summed E-state index contributed by atoms with van der Waals surface area (Å²) in [6.07, 6.45) is 5.50. The van der Waals surface area contributed by atoms with Crippen LogP contribution in [0.1, 0.15) is 64.0 Å². The van der Waals surface area contributed by atoms with E-state index in [2.05, 4.69) is 60.7 Å². The Kier molecular flexibility index (Phi) is 10.1. The van der Waals surface area contributed by atoms with E-state index in [-0.39, 0.29) is 41.5 Å². The van der Waals surface area contributed by atoms with Crippen molar-refractivity contribution in [2.24, 2.45) is 10.9 Å². The van der Waals surface area contributed by atoms with Crippen LogP contribution < -0.4 is 10.6 Å². The second-order valence-corrected chi connectivity index (χ2v) is 9.54. The summed E-state index contributed by atoms with van der Waals surface area (Å²) in [7, 11) is 1.79. The Morgan fingerprint density at radius 3 is 2.58 bits per heavy atom. The van der Waals surface area contributed by atoms with Crippen molar-refractivity contribution >= 4 is 35.8 Å². The number of benzene rings is 1. The highest BCUT2D eigenvalue weighted by molar-refractivity contribution is 14.0. The molecule has 1 aromatic carbocycles. The van der Waals surface area contributed by atoms with E-state index < -0.39 is 0 Å². The molecule has 2 N–H and O–H groups in total. The van der Waals surface area contributed by atoms with Crippen molar-refractivity contribution in [2.45, 2.75) is 77.7 Å². The smallest absolute Gasteiger partial charge is 0.225 e. The lowest BCUT2D eigenvalue weighted by molar-refractivity contribution is -0.134. The van der Waals surface area contributed by atoms with Crippen LogP contribution in [0.2, 0.25) is 0 Å². The minimum absolute atomic E-state index is 0. The summed E-state index contributed by atoms with van der Waals surface area (Å²) in [5.41, 5.74) is 2.22. The van der Waals surface area contributed by atoms with Crippen LogP contribution in [-0.2, 0) is 22.7 Å². The zero-order valence-electron chi connectivity index (χ0n) is 19.4. The van der Waals surface area contributed by atoms with Crippen molar-refractivity contribution in [3.8, 4) is 0 Å². The molecular formula is C24H39IN4O2. The molecule has 2 aliphatic rings. The molecule has 1 unspecified atom stereocenters. The van der Waals surface area contributed by atoms with E-state index in [4.69, 9.17) is 4.74 Å². The van der Waals surface area contributed by atoms with Crippen molar-refractivity contribution in [3.05, 3.63) is 35.4 Å². The summed E-state index contributed by atoms with van der Waals surface area (Å²) in [5.74, 6) is 1.40. The Morgan fingerprint density at radius 1 is 1.19 bits per heavy atom. The Balaban J connectivity index is 0.00000341. The van der Waals surface area contributed by atoms with E-state index in [9.17, 15) is 4.79 Å². The van der Waals surface area contributed by atoms with Gasteiger partial charge in [0.15, 0.2) is 5.96 Å². The summed E-state index contributed by atoms with van der Waals surface area (Å²) in [4.78, 5) is 19.1. The second kappa shape index (κ2) is 12.0. The topological polar surface area (TPSA) is 66.0 Å². The molecule has 0 bridgehead atoms. The van der Waals surface area contributed by atoms with Gasteiger partial charge in [-0.05, 0) is 51.2 Å². The first-order valence-corrected chi connectivity index (χ1v) is 11.3. The van der Waals surface area contributed by atoms with Gasteiger partial charge >= 0.3 is 0 Å². The van der Waals surface area contributed by atoms with E-state index in [1.165, 1.54) is 24.0 Å². The normalized spacial score (nSPS) is 19.9. The molecule has 1 saturated carbocycles. The summed E-state index contributed by atoms with van der Waals surface area (Å²) < 4.78 is 5.88. The molecule has 0 spiro atoms. The van der Waals surface area contributed by atoms with E-state index >= 15 is 0 Å². The Morgan fingerprint density at radius 2 is 1.90 bits per heavy atom. The molecule has 3 rings (SSSR count). The zero-order valence-corrected chi connectivity index (χ0v) is 21.8. The Bertz CT molecular complexity index is 741. The van der Waals surface area contributed by atoms with Crippen LogP contribution in [0.3, 0.4) is 0 Å². The molecule has 1 heterocycles. The molecule has 0 aromatic heterocycles. The molecular weight excluding hydrogens is 503 g/mol. The van der Waals surface area contributed by atoms with Gasteiger partial charge in [-0.15, -0.1) is 24.0 Å². The molecule has 2 fully saturated rings. The number of carbonyl (C=O) groups excluding carboxylic acids is 1. The number of hydrogen-bond donors (Lipinski definition) is 2. The summed E-state index contributed by atoms with van der Waals surface area (Å²) in [6.45, 7) is 9.13. The number of halogens is 1. The van der Waals surface area contributed by atoms with Gasteiger partial charge in [0.2, 0.25) is 5.91 Å². The van der Waals surface area contributed by atoms with E-state index in [0.717, 1.165) is 38.3 Å². The van der Waals surface area contributed by atoms with Gasteiger partial charge in [0.25, 0.3) is 0 Å². The third-order valence-electron chi connectivity index (χ3n) is 5.89. The van der Waals surface area contributed by atoms with Gasteiger partial charge in [-0.2, -0.15) is 0 Å². The van der Waals surface area contributed by atoms with Crippen LogP contribution in [0.5, 0.6) is 0 Å². The number of likely N-dealkylation sites (tertiary alicyclic amines) is 1. The van der Waals surface area contributed by atoms with E-state index in [1.807, 2.05) is 4.90 Å². The maximum absolute atomic E-state index is 12.6. The SMILES string of the molecule is CN=C(NCc1cccc(COC(C)(C)C)c1)NC1CCN(C(=O)C2CCCC2)C1.I. The average Bonchev–Trinajstić information content (AvgIpc) is 3.41. The van der Waals surface area contributed by atoms with Gasteiger partial charge in [0, 0.05) is 38.6 Å². The molecule has 1 amide bonds. The van der Waals surface area contributed by atoms with E-state index in [1.54, 1.807) is 7.05 Å². The fraction of sp³-hybridized carbons (Fsp3) is 0.667. The minimum atomic E-state index is -0.144. The molecule has 1 aliphatic carbocycles. The van der Waals surface area contributed by atoms with Gasteiger partial charge in [-0.3, -0.25) is 9.79 Å². The van der Waals surface area contributed by atoms with Gasteiger partial charge in [-0.25, -0.2) is 0 Å². The number of aliphatic imine (C=N–C) groups is 1. The van der Waals surface area contributed by atoms with Crippen molar-refractivity contribution in [1.82, 2.24) is 15.5 Å². The van der Waals surface area contributed by atoms with E-state index in [0.29, 0.717) is 19.1 Å². The third kappa shape index (κ3) is 8.25. The summed E-state index contributed by atoms with van der Waals surface area (Å²) >= 11 is 0. The molecule has 31 heavy (non-hydrogen) atoms. The molecule has 7 heteroatoms. The van der Waals surface area contributed by atoms with Crippen molar-refractivity contribution in [3.63, 3.8) is 0 Å². The number of nitrogens with zero attached hydrogens (tertiary/aromatic N) is 2. The highest BCUT2D eigenvalue weighted by Gasteiger charge is 2.32. The first kappa shape index (κ1) is 25.9. The van der Waals surface area contributed by atoms with Crippen LogP contribution >= 0.6 is 24.0 Å². The zero-order chi connectivity index (χ0) is 21.6. The van der Waals surface area contributed by atoms with Crippen LogP contribution in [0.15, 0.2) is 29.3 Å². The molecule has 0 radical (unpaired) electrons. The lowest BCUT2D eigenvalue weighted by Gasteiger charge is -2.21. The van der Waals surface area contributed by atoms with Gasteiger partial charge in [0.05, 0.1) is 12.2 Å². The van der Waals surface area contributed by atoms with Gasteiger partial charge in [0.1, 0.15) is 0 Å². The highest BCUT2D eigenvalue weighted by atomic mass is 127. The summed E-state index contributed by atoms with van der Waals surface area (Å²) in [6, 6.07) is 8.70. The fourth-order valence-electron chi connectivity index (χ4n) is 4.21. The molecule has 1 aliphatic heterocycles. The predicted octanol–water partition coefficient (Wildman–Crippen LogP) is 4.08. The second-order valence-electron chi connectivity index (χ2n) is 9.54. The molecule has 174 valence electrons. The first-order valence-electron chi connectivity index (χ1n) is 11.3. The summed E-state index contributed by atoms with van der Waals surface area (Å²) in [5, 5.41) is 6.90. The van der Waals surface area contributed by atoms with Crippen molar-refractivity contribution < 1.29 is 9.53 Å². The van der Waals surface area contributed by atoms with Crippen LogP contribution in [0.25, 0.3) is 0 Å². The number of guanidine groups is 1. The monoisotopic (exact) mass is 542 g/mol. The fourth-order valence-corrected chi connectivity index (χ4v) is 4.21. The average molecular weight is 543 g/mol. The van der Waals surface area contributed by atoms with Crippen LogP contribution in [0.4, 0.5) is 0 Å². The van der Waals surface area contributed by atoms with Gasteiger partial charge < -0.3 is 20.3 Å². The van der Waals surface area contributed by atoms with Crippen LogP contribution in [0, 0.1) is 5.92 Å². The number of amides is 1. The highest BCUT2D eigenvalue weighted by Crippen LogP contribution is 2.27. The predicted molar refractivity (Wildman–Crippen MR) is 137 cm³/mol. The lowest BCUT2D eigenvalue weighted by Crippen LogP contribution is -2.45. The number of nitrogens with one attached hydrogen (secondary N) is 2. The van der Waals surface area contributed by atoms with Crippen molar-refractivity contribution in [2.75, 3.05) is 20.1 Å². The molecule has 1 saturated heterocycles. The molecule has 6 nitrogen and oxygen atoms in total. The number of rotatable bonds is 6. The Labute approximate surface area is 204 Å². The number of hydrogen-bond acceptors (Lipinski definition) is 3. The number of ether oxygens (including phenoxy) is 1. The van der Waals surface area contributed by atoms with Gasteiger partial charge in [-0.1, -0.05) is 37.1 Å². The molecule has 1 aromatic rings. The van der Waals surface area contributed by atoms with Crippen LogP contribution in [-0.4, -0.2) is 48.5 Å². The molecule has 1 atom stereocenters. The quantitative estimate of drug-likeness (QED) is 0.323. The first-order chi connectivity index (χ1) is 14.3. The van der Waals surface area contributed by atoms with Crippen molar-refractivity contribution in [1.29, 1.82) is 0 Å².